The molecule has 1 atom stereocenters. The Kier molecular flexibility index (Phi) is 5.93. The van der Waals surface area contributed by atoms with E-state index < -0.39 is 6.04 Å². The van der Waals surface area contributed by atoms with Gasteiger partial charge in [0, 0.05) is 50.4 Å². The summed E-state index contributed by atoms with van der Waals surface area (Å²) in [7, 11) is 0. The van der Waals surface area contributed by atoms with E-state index in [9.17, 15) is 9.59 Å². The minimum Gasteiger partial charge on any atom is -0.344 e. The summed E-state index contributed by atoms with van der Waals surface area (Å²) in [5.41, 5.74) is 0. The summed E-state index contributed by atoms with van der Waals surface area (Å²) in [6.07, 6.45) is 7.20. The molecule has 1 saturated heterocycles. The number of piperidine rings is 1. The summed E-state index contributed by atoms with van der Waals surface area (Å²) >= 11 is 0. The molecule has 1 aliphatic rings. The Hall–Kier alpha value is -2.64. The van der Waals surface area contributed by atoms with Gasteiger partial charge in [-0.15, -0.1) is 0 Å². The number of anilines is 1. The Bertz CT molecular complexity index is 794. The van der Waals surface area contributed by atoms with E-state index in [1.807, 2.05) is 23.8 Å². The molecule has 0 spiro atoms. The van der Waals surface area contributed by atoms with Crippen molar-refractivity contribution in [3.05, 3.63) is 30.5 Å². The van der Waals surface area contributed by atoms with Crippen LogP contribution in [0.2, 0.25) is 0 Å². The van der Waals surface area contributed by atoms with Crippen molar-refractivity contribution in [2.75, 3.05) is 11.4 Å². The van der Waals surface area contributed by atoms with Crippen LogP contribution in [-0.4, -0.2) is 43.7 Å². The average molecular weight is 372 g/mol. The Morgan fingerprint density at radius 2 is 2.19 bits per heavy atom. The molecule has 0 aromatic carbocycles. The standard InChI is InChI=1S/C19H28N6O2/c1-4-25-17(7-9-21-25)24-11-5-6-15(19(24)27)22-16(26)8-12-23-13-10-20-18(23)14(2)3/h7,9-10,13-15H,4-6,8,11-12H2,1-3H3,(H,22,26). The number of nitrogens with zero attached hydrogens (tertiary/aromatic N) is 5. The normalized spacial score (nSPS) is 17.6. The molecule has 0 radical (unpaired) electrons. The molecule has 3 rings (SSSR count). The second kappa shape index (κ2) is 8.37. The highest BCUT2D eigenvalue weighted by molar-refractivity contribution is 5.99. The number of hydrogen-bond acceptors (Lipinski definition) is 4. The van der Waals surface area contributed by atoms with E-state index in [4.69, 9.17) is 0 Å². The predicted molar refractivity (Wildman–Crippen MR) is 102 cm³/mol. The summed E-state index contributed by atoms with van der Waals surface area (Å²) in [6.45, 7) is 8.07. The maximum Gasteiger partial charge on any atom is 0.250 e. The predicted octanol–water partition coefficient (Wildman–Crippen LogP) is 1.92. The first-order chi connectivity index (χ1) is 13.0. The molecule has 27 heavy (non-hydrogen) atoms. The van der Waals surface area contributed by atoms with Gasteiger partial charge in [-0.1, -0.05) is 13.8 Å². The SMILES string of the molecule is CCn1nccc1N1CCCC(NC(=O)CCn2ccnc2C(C)C)C1=O. The molecule has 2 aromatic heterocycles. The number of imidazole rings is 1. The lowest BCUT2D eigenvalue weighted by Gasteiger charge is -2.32. The van der Waals surface area contributed by atoms with Crippen LogP contribution in [0.4, 0.5) is 5.82 Å². The Morgan fingerprint density at radius 1 is 1.37 bits per heavy atom. The third kappa shape index (κ3) is 4.20. The zero-order valence-electron chi connectivity index (χ0n) is 16.3. The minimum absolute atomic E-state index is 0.0599. The number of carbonyl (C=O) groups excluding carboxylic acids is 2. The Labute approximate surface area is 159 Å². The number of hydrogen-bond donors (Lipinski definition) is 1. The largest absolute Gasteiger partial charge is 0.344 e. The Morgan fingerprint density at radius 3 is 2.93 bits per heavy atom. The zero-order valence-corrected chi connectivity index (χ0v) is 16.3. The zero-order chi connectivity index (χ0) is 19.4. The molecule has 1 aliphatic heterocycles. The molecule has 2 amide bonds. The van der Waals surface area contributed by atoms with Gasteiger partial charge < -0.3 is 9.88 Å². The van der Waals surface area contributed by atoms with Gasteiger partial charge in [-0.3, -0.25) is 14.5 Å². The van der Waals surface area contributed by atoms with Crippen LogP contribution < -0.4 is 10.2 Å². The van der Waals surface area contributed by atoms with E-state index in [1.54, 1.807) is 22.0 Å². The van der Waals surface area contributed by atoms with Crippen LogP contribution >= 0.6 is 0 Å². The average Bonchev–Trinajstić information content (AvgIpc) is 3.30. The lowest BCUT2D eigenvalue weighted by molar-refractivity contribution is -0.128. The van der Waals surface area contributed by atoms with Crippen molar-refractivity contribution in [2.45, 2.75) is 65.1 Å². The van der Waals surface area contributed by atoms with E-state index in [-0.39, 0.29) is 11.8 Å². The fourth-order valence-corrected chi connectivity index (χ4v) is 3.53. The van der Waals surface area contributed by atoms with Crippen molar-refractivity contribution >= 4 is 17.6 Å². The molecule has 3 heterocycles. The van der Waals surface area contributed by atoms with E-state index in [2.05, 4.69) is 29.2 Å². The number of carbonyl (C=O) groups is 2. The van der Waals surface area contributed by atoms with Gasteiger partial charge in [0.15, 0.2) is 0 Å². The summed E-state index contributed by atoms with van der Waals surface area (Å²) in [6, 6.07) is 1.37. The molecule has 0 saturated carbocycles. The summed E-state index contributed by atoms with van der Waals surface area (Å²) in [5.74, 6) is 1.90. The second-order valence-electron chi connectivity index (χ2n) is 7.14. The van der Waals surface area contributed by atoms with Crippen LogP contribution in [-0.2, 0) is 22.7 Å². The molecule has 1 unspecified atom stereocenters. The van der Waals surface area contributed by atoms with Gasteiger partial charge in [-0.2, -0.15) is 5.10 Å². The van der Waals surface area contributed by atoms with Gasteiger partial charge in [0.25, 0.3) is 5.91 Å². The lowest BCUT2D eigenvalue weighted by atomic mass is 10.0. The first-order valence-corrected chi connectivity index (χ1v) is 9.64. The van der Waals surface area contributed by atoms with E-state index in [0.717, 1.165) is 18.1 Å². The van der Waals surface area contributed by atoms with E-state index in [0.29, 0.717) is 38.4 Å². The highest BCUT2D eigenvalue weighted by atomic mass is 16.2. The van der Waals surface area contributed by atoms with Crippen molar-refractivity contribution in [3.8, 4) is 0 Å². The lowest BCUT2D eigenvalue weighted by Crippen LogP contribution is -2.53. The smallest absolute Gasteiger partial charge is 0.250 e. The van der Waals surface area contributed by atoms with Gasteiger partial charge >= 0.3 is 0 Å². The third-order valence-electron chi connectivity index (χ3n) is 4.89. The van der Waals surface area contributed by atoms with Crippen molar-refractivity contribution in [2.24, 2.45) is 0 Å². The van der Waals surface area contributed by atoms with Crippen LogP contribution in [0.15, 0.2) is 24.7 Å². The summed E-state index contributed by atoms with van der Waals surface area (Å²) in [4.78, 5) is 31.3. The molecule has 0 bridgehead atoms. The van der Waals surface area contributed by atoms with Gasteiger partial charge in [0.1, 0.15) is 17.7 Å². The van der Waals surface area contributed by atoms with Gasteiger partial charge in [-0.25, -0.2) is 9.67 Å². The van der Waals surface area contributed by atoms with Crippen molar-refractivity contribution in [1.29, 1.82) is 0 Å². The molecule has 1 fully saturated rings. The van der Waals surface area contributed by atoms with Crippen LogP contribution in [0.5, 0.6) is 0 Å². The van der Waals surface area contributed by atoms with E-state index >= 15 is 0 Å². The highest BCUT2D eigenvalue weighted by Gasteiger charge is 2.32. The highest BCUT2D eigenvalue weighted by Crippen LogP contribution is 2.21. The maximum absolute atomic E-state index is 12.9. The molecular weight excluding hydrogens is 344 g/mol. The maximum atomic E-state index is 12.9. The fourth-order valence-electron chi connectivity index (χ4n) is 3.53. The van der Waals surface area contributed by atoms with E-state index in [1.165, 1.54) is 0 Å². The minimum atomic E-state index is -0.473. The molecule has 1 N–H and O–H groups in total. The third-order valence-corrected chi connectivity index (χ3v) is 4.89. The van der Waals surface area contributed by atoms with Crippen LogP contribution in [0.3, 0.4) is 0 Å². The molecule has 146 valence electrons. The topological polar surface area (TPSA) is 85.1 Å². The first kappa shape index (κ1) is 19.1. The van der Waals surface area contributed by atoms with Crippen LogP contribution in [0.1, 0.15) is 51.8 Å². The molecule has 8 nitrogen and oxygen atoms in total. The van der Waals surface area contributed by atoms with Gasteiger partial charge in [0.05, 0.1) is 6.20 Å². The number of amides is 2. The van der Waals surface area contributed by atoms with Crippen LogP contribution in [0, 0.1) is 0 Å². The quantitative estimate of drug-likeness (QED) is 0.805. The fraction of sp³-hybridized carbons (Fsp3) is 0.579. The first-order valence-electron chi connectivity index (χ1n) is 9.64. The summed E-state index contributed by atoms with van der Waals surface area (Å²) in [5, 5.41) is 7.15. The van der Waals surface area contributed by atoms with Crippen LogP contribution in [0.25, 0.3) is 0 Å². The number of aryl methyl sites for hydroxylation is 2. The number of nitrogens with one attached hydrogen (secondary N) is 1. The monoisotopic (exact) mass is 372 g/mol. The molecule has 0 aliphatic carbocycles. The van der Waals surface area contributed by atoms with Gasteiger partial charge in [-0.05, 0) is 19.8 Å². The summed E-state index contributed by atoms with van der Waals surface area (Å²) < 4.78 is 3.80. The molecule has 8 heteroatoms. The Balaban J connectivity index is 1.59. The number of rotatable bonds is 7. The van der Waals surface area contributed by atoms with Crippen molar-refractivity contribution in [3.63, 3.8) is 0 Å². The molecule has 2 aromatic rings. The molecular formula is C19H28N6O2. The van der Waals surface area contributed by atoms with Crippen molar-refractivity contribution < 1.29 is 9.59 Å². The number of aromatic nitrogens is 4. The van der Waals surface area contributed by atoms with Gasteiger partial charge in [0.2, 0.25) is 5.91 Å². The second-order valence-corrected chi connectivity index (χ2v) is 7.14. The van der Waals surface area contributed by atoms with Crippen molar-refractivity contribution in [1.82, 2.24) is 24.6 Å².